The minimum atomic E-state index is -3.78. The molecule has 1 rings (SSSR count). The van der Waals surface area contributed by atoms with Gasteiger partial charge in [0.05, 0.1) is 18.7 Å². The van der Waals surface area contributed by atoms with Gasteiger partial charge in [0.2, 0.25) is 0 Å². The molecule has 0 aromatic heterocycles. The zero-order chi connectivity index (χ0) is 15.9. The SMILES string of the molecule is CCCOc1cccc(NS(=O)(=O)N(C)CCC(=O)O)c1. The zero-order valence-corrected chi connectivity index (χ0v) is 12.9. The summed E-state index contributed by atoms with van der Waals surface area (Å²) in [6.07, 6.45) is 0.602. The molecule has 1 aromatic carbocycles. The molecule has 0 aliphatic rings. The first-order chi connectivity index (χ1) is 9.85. The predicted molar refractivity (Wildman–Crippen MR) is 79.7 cm³/mol. The Kier molecular flexibility index (Phi) is 6.44. The molecule has 0 amide bonds. The van der Waals surface area contributed by atoms with Crippen LogP contribution in [0.1, 0.15) is 19.8 Å². The van der Waals surface area contributed by atoms with E-state index in [1.807, 2.05) is 6.92 Å². The smallest absolute Gasteiger partial charge is 0.304 e. The van der Waals surface area contributed by atoms with E-state index in [2.05, 4.69) is 4.72 Å². The maximum atomic E-state index is 12.0. The van der Waals surface area contributed by atoms with E-state index < -0.39 is 16.2 Å². The Balaban J connectivity index is 2.72. The molecule has 118 valence electrons. The van der Waals surface area contributed by atoms with Crippen molar-refractivity contribution in [1.29, 1.82) is 0 Å². The van der Waals surface area contributed by atoms with Crippen LogP contribution < -0.4 is 9.46 Å². The van der Waals surface area contributed by atoms with Gasteiger partial charge in [0.15, 0.2) is 0 Å². The highest BCUT2D eigenvalue weighted by Crippen LogP contribution is 2.19. The molecule has 0 heterocycles. The number of carboxylic acid groups (broad SMARTS) is 1. The summed E-state index contributed by atoms with van der Waals surface area (Å²) in [7, 11) is -2.46. The predicted octanol–water partition coefficient (Wildman–Crippen LogP) is 1.54. The highest BCUT2D eigenvalue weighted by atomic mass is 32.2. The van der Waals surface area contributed by atoms with Gasteiger partial charge in [-0.2, -0.15) is 12.7 Å². The van der Waals surface area contributed by atoms with E-state index in [0.717, 1.165) is 10.7 Å². The van der Waals surface area contributed by atoms with E-state index >= 15 is 0 Å². The second-order valence-electron chi connectivity index (χ2n) is 4.45. The standard InChI is InChI=1S/C13H20N2O5S/c1-3-9-20-12-6-4-5-11(10-12)14-21(18,19)15(2)8-7-13(16)17/h4-6,10,14H,3,7-9H2,1-2H3,(H,16,17). The maximum Gasteiger partial charge on any atom is 0.304 e. The third-order valence-corrected chi connectivity index (χ3v) is 4.10. The normalized spacial score (nSPS) is 11.4. The number of carbonyl (C=O) groups is 1. The van der Waals surface area contributed by atoms with E-state index in [1.54, 1.807) is 24.3 Å². The van der Waals surface area contributed by atoms with E-state index in [4.69, 9.17) is 9.84 Å². The van der Waals surface area contributed by atoms with Crippen LogP contribution in [-0.2, 0) is 15.0 Å². The average molecular weight is 316 g/mol. The highest BCUT2D eigenvalue weighted by Gasteiger charge is 2.18. The average Bonchev–Trinajstić information content (AvgIpc) is 2.42. The molecular formula is C13H20N2O5S. The van der Waals surface area contributed by atoms with E-state index in [-0.39, 0.29) is 13.0 Å². The van der Waals surface area contributed by atoms with Crippen molar-refractivity contribution in [2.45, 2.75) is 19.8 Å². The van der Waals surface area contributed by atoms with E-state index in [9.17, 15) is 13.2 Å². The summed E-state index contributed by atoms with van der Waals surface area (Å²) in [4.78, 5) is 10.5. The van der Waals surface area contributed by atoms with Crippen LogP contribution in [0.3, 0.4) is 0 Å². The Morgan fingerprint density at radius 1 is 1.43 bits per heavy atom. The van der Waals surface area contributed by atoms with Crippen molar-refractivity contribution in [2.75, 3.05) is 24.9 Å². The fourth-order valence-corrected chi connectivity index (χ4v) is 2.38. The Labute approximate surface area is 124 Å². The van der Waals surface area contributed by atoms with E-state index in [0.29, 0.717) is 18.0 Å². The number of aliphatic carboxylic acids is 1. The van der Waals surface area contributed by atoms with Crippen LogP contribution in [-0.4, -0.2) is 44.0 Å². The molecule has 1 aromatic rings. The lowest BCUT2D eigenvalue weighted by molar-refractivity contribution is -0.137. The van der Waals surface area contributed by atoms with Gasteiger partial charge in [0, 0.05) is 19.7 Å². The molecule has 0 radical (unpaired) electrons. The molecular weight excluding hydrogens is 296 g/mol. The first kappa shape index (κ1) is 17.3. The number of hydrogen-bond acceptors (Lipinski definition) is 4. The number of anilines is 1. The van der Waals surface area contributed by atoms with Crippen molar-refractivity contribution < 1.29 is 23.1 Å². The summed E-state index contributed by atoms with van der Waals surface area (Å²) in [5, 5.41) is 8.58. The van der Waals surface area contributed by atoms with Gasteiger partial charge in [0.1, 0.15) is 5.75 Å². The molecule has 21 heavy (non-hydrogen) atoms. The van der Waals surface area contributed by atoms with Gasteiger partial charge in [-0.15, -0.1) is 0 Å². The maximum absolute atomic E-state index is 12.0. The minimum absolute atomic E-state index is 0.101. The van der Waals surface area contributed by atoms with Gasteiger partial charge in [-0.1, -0.05) is 13.0 Å². The molecule has 0 aliphatic carbocycles. The quantitative estimate of drug-likeness (QED) is 0.720. The van der Waals surface area contributed by atoms with Crippen LogP contribution in [0.4, 0.5) is 5.69 Å². The molecule has 2 N–H and O–H groups in total. The number of nitrogens with zero attached hydrogens (tertiary/aromatic N) is 1. The Morgan fingerprint density at radius 2 is 2.14 bits per heavy atom. The number of ether oxygens (including phenoxy) is 1. The molecule has 0 bridgehead atoms. The first-order valence-electron chi connectivity index (χ1n) is 6.54. The molecule has 0 atom stereocenters. The molecule has 0 fully saturated rings. The number of benzene rings is 1. The highest BCUT2D eigenvalue weighted by molar-refractivity contribution is 7.90. The van der Waals surface area contributed by atoms with Crippen LogP contribution >= 0.6 is 0 Å². The fraction of sp³-hybridized carbons (Fsp3) is 0.462. The molecule has 0 saturated heterocycles. The first-order valence-corrected chi connectivity index (χ1v) is 7.98. The van der Waals surface area contributed by atoms with Crippen molar-refractivity contribution in [2.24, 2.45) is 0 Å². The van der Waals surface area contributed by atoms with Crippen LogP contribution in [0.2, 0.25) is 0 Å². The van der Waals surface area contributed by atoms with Gasteiger partial charge in [-0.3, -0.25) is 9.52 Å². The van der Waals surface area contributed by atoms with Gasteiger partial charge in [-0.25, -0.2) is 0 Å². The molecule has 0 saturated carbocycles. The summed E-state index contributed by atoms with van der Waals surface area (Å²) >= 11 is 0. The third-order valence-electron chi connectivity index (χ3n) is 2.60. The monoisotopic (exact) mass is 316 g/mol. The van der Waals surface area contributed by atoms with Gasteiger partial charge in [-0.05, 0) is 18.6 Å². The van der Waals surface area contributed by atoms with Crippen molar-refractivity contribution in [3.8, 4) is 5.75 Å². The Hall–Kier alpha value is -1.80. The summed E-state index contributed by atoms with van der Waals surface area (Å²) in [5.41, 5.74) is 0.366. The van der Waals surface area contributed by atoms with Crippen LogP contribution in [0, 0.1) is 0 Å². The van der Waals surface area contributed by atoms with Gasteiger partial charge in [0.25, 0.3) is 0 Å². The number of nitrogens with one attached hydrogen (secondary N) is 1. The minimum Gasteiger partial charge on any atom is -0.494 e. The van der Waals surface area contributed by atoms with Crippen LogP contribution in [0.15, 0.2) is 24.3 Å². The second-order valence-corrected chi connectivity index (χ2v) is 6.23. The lowest BCUT2D eigenvalue weighted by Crippen LogP contribution is -2.34. The lowest BCUT2D eigenvalue weighted by Gasteiger charge is -2.17. The van der Waals surface area contributed by atoms with Gasteiger partial charge >= 0.3 is 16.2 Å². The summed E-state index contributed by atoms with van der Waals surface area (Å²) in [5.74, 6) is -0.475. The third kappa shape index (κ3) is 6.01. The Morgan fingerprint density at radius 3 is 2.76 bits per heavy atom. The molecule has 8 heteroatoms. The second kappa shape index (κ2) is 7.84. The largest absolute Gasteiger partial charge is 0.494 e. The van der Waals surface area contributed by atoms with Crippen LogP contribution in [0.5, 0.6) is 5.75 Å². The van der Waals surface area contributed by atoms with Crippen molar-refractivity contribution in [3.05, 3.63) is 24.3 Å². The Bertz CT molecular complexity index is 574. The van der Waals surface area contributed by atoms with Gasteiger partial charge < -0.3 is 9.84 Å². The summed E-state index contributed by atoms with van der Waals surface area (Å²) in [6, 6.07) is 6.60. The molecule has 0 unspecified atom stereocenters. The molecule has 0 spiro atoms. The van der Waals surface area contributed by atoms with Crippen LogP contribution in [0.25, 0.3) is 0 Å². The number of carboxylic acids is 1. The van der Waals surface area contributed by atoms with Crippen molar-refractivity contribution in [1.82, 2.24) is 4.31 Å². The molecule has 0 aliphatic heterocycles. The van der Waals surface area contributed by atoms with Crippen molar-refractivity contribution in [3.63, 3.8) is 0 Å². The number of rotatable bonds is 9. The molecule has 7 nitrogen and oxygen atoms in total. The van der Waals surface area contributed by atoms with E-state index in [1.165, 1.54) is 7.05 Å². The zero-order valence-electron chi connectivity index (χ0n) is 12.1. The lowest BCUT2D eigenvalue weighted by atomic mass is 10.3. The fourth-order valence-electron chi connectivity index (χ4n) is 1.47. The summed E-state index contributed by atoms with van der Waals surface area (Å²) < 4.78 is 32.8. The van der Waals surface area contributed by atoms with Crippen molar-refractivity contribution >= 4 is 21.9 Å². The summed E-state index contributed by atoms with van der Waals surface area (Å²) in [6.45, 7) is 2.43. The number of hydrogen-bond donors (Lipinski definition) is 2. The topological polar surface area (TPSA) is 95.9 Å².